The van der Waals surface area contributed by atoms with E-state index in [1.54, 1.807) is 6.33 Å². The minimum absolute atomic E-state index is 0.251. The largest absolute Gasteiger partial charge is 0.376 e. The minimum atomic E-state index is 0.251. The Hall–Kier alpha value is -1.40. The van der Waals surface area contributed by atoms with Crippen molar-refractivity contribution in [2.24, 2.45) is 0 Å². The average molecular weight is 306 g/mol. The lowest BCUT2D eigenvalue weighted by Gasteiger charge is -2.22. The van der Waals surface area contributed by atoms with Gasteiger partial charge in [0.25, 0.3) is 0 Å². The lowest BCUT2D eigenvalue weighted by Crippen LogP contribution is -2.31. The fourth-order valence-electron chi connectivity index (χ4n) is 3.16. The maximum atomic E-state index is 5.71. The van der Waals surface area contributed by atoms with E-state index in [2.05, 4.69) is 34.4 Å². The number of hydrogen-bond donors (Lipinski definition) is 2. The summed E-state index contributed by atoms with van der Waals surface area (Å²) in [6, 6.07) is 2.46. The highest BCUT2D eigenvalue weighted by atomic mass is 16.5. The maximum absolute atomic E-state index is 5.71. The molecule has 0 saturated carbocycles. The monoisotopic (exact) mass is 306 g/mol. The molecule has 0 radical (unpaired) electrons. The molecule has 1 aromatic rings. The average Bonchev–Trinajstić information content (AvgIpc) is 3.21. The van der Waals surface area contributed by atoms with Crippen LogP contribution in [0.1, 0.15) is 39.5 Å². The fraction of sp³-hybridized carbons (Fsp3) is 0.750. The number of hydrogen-bond acceptors (Lipinski definition) is 6. The van der Waals surface area contributed by atoms with Crippen LogP contribution in [-0.2, 0) is 9.47 Å². The van der Waals surface area contributed by atoms with Gasteiger partial charge < -0.3 is 20.1 Å². The van der Waals surface area contributed by atoms with Crippen molar-refractivity contribution >= 4 is 11.6 Å². The summed E-state index contributed by atoms with van der Waals surface area (Å²) in [7, 11) is 0. The van der Waals surface area contributed by atoms with Crippen LogP contribution in [-0.4, -0.2) is 47.5 Å². The van der Waals surface area contributed by atoms with E-state index in [4.69, 9.17) is 9.47 Å². The second-order valence-corrected chi connectivity index (χ2v) is 6.26. The van der Waals surface area contributed by atoms with Crippen LogP contribution < -0.4 is 10.6 Å². The van der Waals surface area contributed by atoms with Crippen LogP contribution >= 0.6 is 0 Å². The highest BCUT2D eigenvalue weighted by Crippen LogP contribution is 2.21. The highest BCUT2D eigenvalue weighted by Gasteiger charge is 2.24. The molecule has 2 N–H and O–H groups in total. The third kappa shape index (κ3) is 3.87. The SMILES string of the molecule is C[C@H](Nc1cc(N[C@H](C)[C@@H]2CCCO2)ncn1)[C@@H]1CCCO1. The van der Waals surface area contributed by atoms with Gasteiger partial charge in [-0.15, -0.1) is 0 Å². The van der Waals surface area contributed by atoms with Crippen molar-refractivity contribution in [3.05, 3.63) is 12.4 Å². The van der Waals surface area contributed by atoms with Crippen LogP contribution in [0.15, 0.2) is 12.4 Å². The van der Waals surface area contributed by atoms with E-state index in [9.17, 15) is 0 Å². The first kappa shape index (κ1) is 15.5. The molecular weight excluding hydrogens is 280 g/mol. The molecule has 3 rings (SSSR count). The second kappa shape index (κ2) is 7.24. The number of nitrogens with one attached hydrogen (secondary N) is 2. The van der Waals surface area contributed by atoms with Gasteiger partial charge in [0.15, 0.2) is 0 Å². The first-order chi connectivity index (χ1) is 10.7. The Balaban J connectivity index is 1.57. The summed E-state index contributed by atoms with van der Waals surface area (Å²) < 4.78 is 11.4. The van der Waals surface area contributed by atoms with Crippen LogP contribution in [0.5, 0.6) is 0 Å². The number of ether oxygens (including phenoxy) is 2. The van der Waals surface area contributed by atoms with Crippen LogP contribution in [0.2, 0.25) is 0 Å². The second-order valence-electron chi connectivity index (χ2n) is 6.26. The Kier molecular flexibility index (Phi) is 5.10. The third-order valence-electron chi connectivity index (χ3n) is 4.46. The summed E-state index contributed by atoms with van der Waals surface area (Å²) in [6.45, 7) is 6.01. The topological polar surface area (TPSA) is 68.3 Å². The summed E-state index contributed by atoms with van der Waals surface area (Å²) in [4.78, 5) is 8.61. The molecule has 2 aliphatic heterocycles. The van der Waals surface area contributed by atoms with Gasteiger partial charge in [0, 0.05) is 19.3 Å². The molecule has 6 heteroatoms. The molecule has 0 bridgehead atoms. The lowest BCUT2D eigenvalue weighted by atomic mass is 10.1. The number of anilines is 2. The lowest BCUT2D eigenvalue weighted by molar-refractivity contribution is 0.0994. The molecule has 2 aliphatic rings. The standard InChI is InChI=1S/C16H26N4O2/c1-11(13-5-3-7-21-13)19-15-9-16(18-10-17-15)20-12(2)14-6-4-8-22-14/h9-14H,3-8H2,1-2H3,(H2,17,18,19,20)/t11-,12+,13-,14-/m0/s1. The summed E-state index contributed by atoms with van der Waals surface area (Å²) in [5.74, 6) is 1.67. The van der Waals surface area contributed by atoms with Crippen LogP contribution in [0, 0.1) is 0 Å². The van der Waals surface area contributed by atoms with Gasteiger partial charge in [0.1, 0.15) is 18.0 Å². The summed E-state index contributed by atoms with van der Waals surface area (Å²) in [5.41, 5.74) is 0. The van der Waals surface area contributed by atoms with Crippen LogP contribution in [0.3, 0.4) is 0 Å². The van der Waals surface area contributed by atoms with Crippen LogP contribution in [0.25, 0.3) is 0 Å². The molecule has 6 nitrogen and oxygen atoms in total. The molecule has 0 amide bonds. The quantitative estimate of drug-likeness (QED) is 0.841. The zero-order valence-corrected chi connectivity index (χ0v) is 13.4. The van der Waals surface area contributed by atoms with Crippen molar-refractivity contribution in [3.8, 4) is 0 Å². The van der Waals surface area contributed by atoms with Crippen LogP contribution in [0.4, 0.5) is 11.6 Å². The van der Waals surface area contributed by atoms with E-state index in [0.717, 1.165) is 50.5 Å². The molecular formula is C16H26N4O2. The molecule has 2 fully saturated rings. The molecule has 1 aromatic heterocycles. The Labute approximate surface area is 132 Å². The summed E-state index contributed by atoms with van der Waals surface area (Å²) >= 11 is 0. The van der Waals surface area contributed by atoms with E-state index in [0.29, 0.717) is 0 Å². The molecule has 2 saturated heterocycles. The first-order valence-corrected chi connectivity index (χ1v) is 8.30. The van der Waals surface area contributed by atoms with E-state index in [-0.39, 0.29) is 24.3 Å². The molecule has 3 heterocycles. The predicted octanol–water partition coefficient (Wildman–Crippen LogP) is 2.44. The molecule has 122 valence electrons. The highest BCUT2D eigenvalue weighted by molar-refractivity contribution is 5.47. The predicted molar refractivity (Wildman–Crippen MR) is 86.1 cm³/mol. The molecule has 22 heavy (non-hydrogen) atoms. The summed E-state index contributed by atoms with van der Waals surface area (Å²) in [5, 5.41) is 6.84. The minimum Gasteiger partial charge on any atom is -0.376 e. The normalized spacial score (nSPS) is 27.5. The number of nitrogens with zero attached hydrogens (tertiary/aromatic N) is 2. The zero-order valence-electron chi connectivity index (χ0n) is 13.4. The Morgan fingerprint density at radius 3 is 1.86 bits per heavy atom. The van der Waals surface area contributed by atoms with Gasteiger partial charge in [-0.25, -0.2) is 9.97 Å². The van der Waals surface area contributed by atoms with Gasteiger partial charge in [-0.05, 0) is 39.5 Å². The van der Waals surface area contributed by atoms with Gasteiger partial charge in [-0.3, -0.25) is 0 Å². The van der Waals surface area contributed by atoms with Crippen molar-refractivity contribution in [2.45, 2.75) is 63.8 Å². The van der Waals surface area contributed by atoms with Crippen molar-refractivity contribution in [3.63, 3.8) is 0 Å². The van der Waals surface area contributed by atoms with Gasteiger partial charge in [0.05, 0.1) is 24.3 Å². The Morgan fingerprint density at radius 2 is 1.45 bits per heavy atom. The molecule has 4 atom stereocenters. The van der Waals surface area contributed by atoms with Crippen molar-refractivity contribution in [2.75, 3.05) is 23.8 Å². The Morgan fingerprint density at radius 1 is 0.955 bits per heavy atom. The van der Waals surface area contributed by atoms with E-state index in [1.165, 1.54) is 0 Å². The van der Waals surface area contributed by atoms with Crippen molar-refractivity contribution < 1.29 is 9.47 Å². The zero-order chi connectivity index (χ0) is 15.4. The van der Waals surface area contributed by atoms with Gasteiger partial charge >= 0.3 is 0 Å². The fourth-order valence-corrected chi connectivity index (χ4v) is 3.16. The molecule has 0 aromatic carbocycles. The van der Waals surface area contributed by atoms with Gasteiger partial charge in [0.2, 0.25) is 0 Å². The Bertz CT molecular complexity index is 434. The summed E-state index contributed by atoms with van der Waals surface area (Å²) in [6.07, 6.45) is 6.66. The van der Waals surface area contributed by atoms with E-state index >= 15 is 0 Å². The number of aromatic nitrogens is 2. The van der Waals surface area contributed by atoms with E-state index in [1.807, 2.05) is 6.07 Å². The van der Waals surface area contributed by atoms with Crippen molar-refractivity contribution in [1.82, 2.24) is 9.97 Å². The third-order valence-corrected chi connectivity index (χ3v) is 4.46. The molecule has 0 aliphatic carbocycles. The first-order valence-electron chi connectivity index (χ1n) is 8.30. The van der Waals surface area contributed by atoms with E-state index < -0.39 is 0 Å². The van der Waals surface area contributed by atoms with Crippen molar-refractivity contribution in [1.29, 1.82) is 0 Å². The smallest absolute Gasteiger partial charge is 0.131 e. The van der Waals surface area contributed by atoms with Gasteiger partial charge in [-0.2, -0.15) is 0 Å². The maximum Gasteiger partial charge on any atom is 0.131 e. The molecule has 0 spiro atoms. The molecule has 0 unspecified atom stereocenters. The number of rotatable bonds is 6. The van der Waals surface area contributed by atoms with Gasteiger partial charge in [-0.1, -0.05) is 0 Å².